The minimum atomic E-state index is -1.10. The van der Waals surface area contributed by atoms with Crippen LogP contribution in [0.1, 0.15) is 11.8 Å². The summed E-state index contributed by atoms with van der Waals surface area (Å²) in [6.07, 6.45) is 0.717. The van der Waals surface area contributed by atoms with Crippen molar-refractivity contribution in [3.63, 3.8) is 0 Å². The molecule has 6 heteroatoms. The Morgan fingerprint density at radius 1 is 1.56 bits per heavy atom. The van der Waals surface area contributed by atoms with Gasteiger partial charge < -0.3 is 10.4 Å². The highest BCUT2D eigenvalue weighted by atomic mass is 79.9. The second-order valence-electron chi connectivity index (χ2n) is 3.31. The third-order valence-corrected chi connectivity index (χ3v) is 3.75. The maximum absolute atomic E-state index is 11.3. The number of carbonyl (C=O) groups excluding carboxylic acids is 1. The van der Waals surface area contributed by atoms with E-state index in [0.29, 0.717) is 13.0 Å². The Balaban J connectivity index is 2.30. The van der Waals surface area contributed by atoms with E-state index in [1.165, 1.54) is 6.92 Å². The van der Waals surface area contributed by atoms with Crippen LogP contribution >= 0.6 is 27.3 Å². The first-order chi connectivity index (χ1) is 7.50. The zero-order chi connectivity index (χ0) is 12.1. The summed E-state index contributed by atoms with van der Waals surface area (Å²) in [7, 11) is 0. The maximum atomic E-state index is 11.3. The molecular weight excluding hydrogens is 294 g/mol. The Bertz CT molecular complexity index is 391. The highest BCUT2D eigenvalue weighted by Crippen LogP contribution is 2.21. The van der Waals surface area contributed by atoms with Crippen LogP contribution in [-0.4, -0.2) is 23.5 Å². The number of thiophene rings is 1. The highest BCUT2D eigenvalue weighted by Gasteiger charge is 2.19. The number of rotatable bonds is 5. The van der Waals surface area contributed by atoms with Crippen LogP contribution in [0.3, 0.4) is 0 Å². The summed E-state index contributed by atoms with van der Waals surface area (Å²) in [5.74, 6) is -2.53. The molecule has 1 atom stereocenters. The van der Waals surface area contributed by atoms with Gasteiger partial charge in [-0.15, -0.1) is 11.3 Å². The van der Waals surface area contributed by atoms with Crippen molar-refractivity contribution in [3.05, 3.63) is 20.8 Å². The molecule has 0 saturated carbocycles. The number of carbonyl (C=O) groups is 2. The van der Waals surface area contributed by atoms with Gasteiger partial charge in [0.25, 0.3) is 0 Å². The second-order valence-corrected chi connectivity index (χ2v) is 5.85. The van der Waals surface area contributed by atoms with E-state index in [1.54, 1.807) is 11.3 Å². The standard InChI is InChI=1S/C10H12BrNO3S/c1-6(10(14)15)9(13)12-5-4-7-2-3-8(11)16-7/h2-3,6H,4-5H2,1H3,(H,12,13)(H,14,15). The predicted octanol–water partition coefficient (Wildman–Crippen LogP) is 1.89. The molecule has 0 aliphatic rings. The monoisotopic (exact) mass is 305 g/mol. The number of carboxylic acids is 1. The number of amides is 1. The quantitative estimate of drug-likeness (QED) is 0.816. The van der Waals surface area contributed by atoms with Crippen molar-refractivity contribution in [1.82, 2.24) is 5.32 Å². The molecule has 1 heterocycles. The van der Waals surface area contributed by atoms with Crippen molar-refractivity contribution in [1.29, 1.82) is 0 Å². The van der Waals surface area contributed by atoms with Crippen LogP contribution in [-0.2, 0) is 16.0 Å². The summed E-state index contributed by atoms with van der Waals surface area (Å²) in [6, 6.07) is 3.92. The first-order valence-electron chi connectivity index (χ1n) is 4.75. The number of halogens is 1. The van der Waals surface area contributed by atoms with Gasteiger partial charge in [-0.05, 0) is 41.4 Å². The molecule has 1 unspecified atom stereocenters. The van der Waals surface area contributed by atoms with E-state index >= 15 is 0 Å². The Hall–Kier alpha value is -0.880. The van der Waals surface area contributed by atoms with E-state index in [-0.39, 0.29) is 0 Å². The average Bonchev–Trinajstić information content (AvgIpc) is 2.62. The van der Waals surface area contributed by atoms with Gasteiger partial charge in [0.05, 0.1) is 3.79 Å². The lowest BCUT2D eigenvalue weighted by Gasteiger charge is -2.07. The molecule has 0 aliphatic carbocycles. The smallest absolute Gasteiger partial charge is 0.315 e. The summed E-state index contributed by atoms with van der Waals surface area (Å²) in [5, 5.41) is 11.2. The van der Waals surface area contributed by atoms with Crippen molar-refractivity contribution in [3.8, 4) is 0 Å². The Morgan fingerprint density at radius 2 is 2.25 bits per heavy atom. The Labute approximate surface area is 106 Å². The normalized spacial score (nSPS) is 12.1. The van der Waals surface area contributed by atoms with Crippen LogP contribution in [0.5, 0.6) is 0 Å². The number of carboxylic acid groups (broad SMARTS) is 1. The fourth-order valence-corrected chi connectivity index (χ4v) is 2.54. The lowest BCUT2D eigenvalue weighted by molar-refractivity contribution is -0.146. The number of nitrogens with one attached hydrogen (secondary N) is 1. The third-order valence-electron chi connectivity index (χ3n) is 2.06. The molecule has 0 fully saturated rings. The molecule has 0 aromatic carbocycles. The molecule has 2 N–H and O–H groups in total. The van der Waals surface area contributed by atoms with Gasteiger partial charge in [0.2, 0.25) is 5.91 Å². The fraction of sp³-hybridized carbons (Fsp3) is 0.400. The Morgan fingerprint density at radius 3 is 2.75 bits per heavy atom. The van der Waals surface area contributed by atoms with Gasteiger partial charge in [0.15, 0.2) is 0 Å². The number of hydrogen-bond acceptors (Lipinski definition) is 3. The molecule has 4 nitrogen and oxygen atoms in total. The number of aliphatic carboxylic acids is 1. The summed E-state index contributed by atoms with van der Waals surface area (Å²) < 4.78 is 1.05. The van der Waals surface area contributed by atoms with E-state index in [0.717, 1.165) is 8.66 Å². The molecule has 0 radical (unpaired) electrons. The van der Waals surface area contributed by atoms with Crippen LogP contribution < -0.4 is 5.32 Å². The average molecular weight is 306 g/mol. The summed E-state index contributed by atoms with van der Waals surface area (Å²) >= 11 is 4.95. The molecule has 0 aliphatic heterocycles. The largest absolute Gasteiger partial charge is 0.481 e. The molecular formula is C10H12BrNO3S. The minimum Gasteiger partial charge on any atom is -0.481 e. The topological polar surface area (TPSA) is 66.4 Å². The van der Waals surface area contributed by atoms with E-state index < -0.39 is 17.8 Å². The Kier molecular flexibility index (Phi) is 4.95. The van der Waals surface area contributed by atoms with E-state index in [2.05, 4.69) is 21.2 Å². The molecule has 1 amide bonds. The maximum Gasteiger partial charge on any atom is 0.315 e. The zero-order valence-corrected chi connectivity index (χ0v) is 11.1. The third kappa shape index (κ3) is 3.94. The van der Waals surface area contributed by atoms with E-state index in [9.17, 15) is 9.59 Å². The van der Waals surface area contributed by atoms with Gasteiger partial charge in [-0.2, -0.15) is 0 Å². The van der Waals surface area contributed by atoms with Crippen molar-refractivity contribution < 1.29 is 14.7 Å². The van der Waals surface area contributed by atoms with Gasteiger partial charge in [0.1, 0.15) is 5.92 Å². The molecule has 0 spiro atoms. The van der Waals surface area contributed by atoms with Crippen LogP contribution in [0.4, 0.5) is 0 Å². The molecule has 16 heavy (non-hydrogen) atoms. The molecule has 0 saturated heterocycles. The summed E-state index contributed by atoms with van der Waals surface area (Å²) in [4.78, 5) is 22.9. The van der Waals surface area contributed by atoms with Crippen LogP contribution in [0.2, 0.25) is 0 Å². The van der Waals surface area contributed by atoms with E-state index in [1.807, 2.05) is 12.1 Å². The van der Waals surface area contributed by atoms with Gasteiger partial charge in [0, 0.05) is 11.4 Å². The van der Waals surface area contributed by atoms with Gasteiger partial charge >= 0.3 is 5.97 Å². The molecule has 0 bridgehead atoms. The summed E-state index contributed by atoms with van der Waals surface area (Å²) in [6.45, 7) is 1.84. The van der Waals surface area contributed by atoms with Crippen LogP contribution in [0, 0.1) is 5.92 Å². The van der Waals surface area contributed by atoms with Crippen molar-refractivity contribution >= 4 is 39.1 Å². The van der Waals surface area contributed by atoms with Crippen molar-refractivity contribution in [2.24, 2.45) is 5.92 Å². The van der Waals surface area contributed by atoms with E-state index in [4.69, 9.17) is 5.11 Å². The minimum absolute atomic E-state index is 0.442. The SMILES string of the molecule is CC(C(=O)O)C(=O)NCCc1ccc(Br)s1. The van der Waals surface area contributed by atoms with Crippen molar-refractivity contribution in [2.75, 3.05) is 6.54 Å². The van der Waals surface area contributed by atoms with Crippen LogP contribution in [0.15, 0.2) is 15.9 Å². The predicted molar refractivity (Wildman–Crippen MR) is 65.5 cm³/mol. The summed E-state index contributed by atoms with van der Waals surface area (Å²) in [5.41, 5.74) is 0. The van der Waals surface area contributed by atoms with Crippen molar-refractivity contribution in [2.45, 2.75) is 13.3 Å². The zero-order valence-electron chi connectivity index (χ0n) is 8.70. The van der Waals surface area contributed by atoms with Gasteiger partial charge in [-0.1, -0.05) is 0 Å². The highest BCUT2D eigenvalue weighted by molar-refractivity contribution is 9.11. The number of hydrogen-bond donors (Lipinski definition) is 2. The lowest BCUT2D eigenvalue weighted by Crippen LogP contribution is -2.34. The molecule has 1 rings (SSSR count). The molecule has 1 aromatic rings. The first kappa shape index (κ1) is 13.2. The van der Waals surface area contributed by atoms with Gasteiger partial charge in [-0.3, -0.25) is 9.59 Å². The lowest BCUT2D eigenvalue weighted by atomic mass is 10.1. The van der Waals surface area contributed by atoms with Crippen LogP contribution in [0.25, 0.3) is 0 Å². The molecule has 1 aromatic heterocycles. The molecule has 88 valence electrons. The van der Waals surface area contributed by atoms with Gasteiger partial charge in [-0.25, -0.2) is 0 Å². The fourth-order valence-electron chi connectivity index (χ4n) is 1.06. The first-order valence-corrected chi connectivity index (χ1v) is 6.36. The second kappa shape index (κ2) is 6.00.